The molecule has 0 spiro atoms. The Hall–Kier alpha value is -5.33. The third-order valence-electron chi connectivity index (χ3n) is 8.39. The third-order valence-corrected chi connectivity index (χ3v) is 9.13. The molecule has 0 aliphatic heterocycles. The van der Waals surface area contributed by atoms with Crippen LogP contribution in [0, 0.1) is 11.2 Å². The van der Waals surface area contributed by atoms with E-state index < -0.39 is 11.9 Å². The van der Waals surface area contributed by atoms with E-state index in [-0.39, 0.29) is 17.7 Å². The van der Waals surface area contributed by atoms with Crippen LogP contribution < -0.4 is 26.4 Å². The van der Waals surface area contributed by atoms with Gasteiger partial charge in [0.15, 0.2) is 5.96 Å². The molecule has 0 radical (unpaired) electrons. The van der Waals surface area contributed by atoms with Gasteiger partial charge in [0.2, 0.25) is 5.91 Å². The average Bonchev–Trinajstić information content (AvgIpc) is 3.48. The SMILES string of the molecule is CCN(CCN(C)C(=O)c1ccc2c(c1)nc(-c1cccc(Oc3ccc(Cl)c(Cl)c3)c1)n2[C@@H](CCCNC(=N)N)C(N)=O)c1ccc(F)cc1. The Morgan fingerprint density at radius 3 is 2.41 bits per heavy atom. The lowest BCUT2D eigenvalue weighted by atomic mass is 10.1. The molecule has 11 nitrogen and oxygen atoms in total. The van der Waals surface area contributed by atoms with Gasteiger partial charge >= 0.3 is 0 Å². The number of anilines is 1. The zero-order chi connectivity index (χ0) is 36.7. The number of likely N-dealkylation sites (N-methyl/N-ethyl adjacent to an activating group) is 2. The molecule has 14 heteroatoms. The number of guanidine groups is 1. The lowest BCUT2D eigenvalue weighted by Crippen LogP contribution is -2.36. The number of fused-ring (bicyclic) bond motifs is 1. The Morgan fingerprint density at radius 2 is 1.73 bits per heavy atom. The molecule has 0 aliphatic rings. The molecule has 4 aromatic carbocycles. The number of amides is 2. The van der Waals surface area contributed by atoms with E-state index in [0.29, 0.717) is 88.5 Å². The van der Waals surface area contributed by atoms with Crippen molar-refractivity contribution in [2.24, 2.45) is 11.5 Å². The van der Waals surface area contributed by atoms with Crippen molar-refractivity contribution in [3.8, 4) is 22.9 Å². The molecular formula is C37H39Cl2FN8O3. The van der Waals surface area contributed by atoms with Crippen molar-refractivity contribution in [3.63, 3.8) is 0 Å². The van der Waals surface area contributed by atoms with E-state index in [4.69, 9.17) is 49.8 Å². The summed E-state index contributed by atoms with van der Waals surface area (Å²) in [5.74, 6) is 0.173. The fraction of sp³-hybridized carbons (Fsp3) is 0.243. The summed E-state index contributed by atoms with van der Waals surface area (Å²) in [7, 11) is 1.73. The maximum absolute atomic E-state index is 13.6. The largest absolute Gasteiger partial charge is 0.457 e. The second kappa shape index (κ2) is 16.6. The van der Waals surface area contributed by atoms with Gasteiger partial charge in [-0.3, -0.25) is 15.0 Å². The van der Waals surface area contributed by atoms with E-state index >= 15 is 0 Å². The summed E-state index contributed by atoms with van der Waals surface area (Å²) in [6, 6.07) is 22.8. The summed E-state index contributed by atoms with van der Waals surface area (Å²) in [6.07, 6.45) is 0.819. The molecule has 1 heterocycles. The van der Waals surface area contributed by atoms with Crippen molar-refractivity contribution >= 4 is 57.7 Å². The van der Waals surface area contributed by atoms with Crippen LogP contribution in [0.25, 0.3) is 22.4 Å². The second-order valence-electron chi connectivity index (χ2n) is 11.9. The number of halogens is 3. The highest BCUT2D eigenvalue weighted by molar-refractivity contribution is 6.42. The summed E-state index contributed by atoms with van der Waals surface area (Å²) in [5.41, 5.74) is 14.5. The van der Waals surface area contributed by atoms with Gasteiger partial charge in [0.25, 0.3) is 5.91 Å². The molecule has 5 rings (SSSR count). The highest BCUT2D eigenvalue weighted by Gasteiger charge is 2.26. The average molecular weight is 734 g/mol. The number of primary amides is 1. The van der Waals surface area contributed by atoms with E-state index in [0.717, 1.165) is 5.69 Å². The predicted octanol–water partition coefficient (Wildman–Crippen LogP) is 6.83. The molecule has 6 N–H and O–H groups in total. The minimum absolute atomic E-state index is 0.168. The number of nitrogens with one attached hydrogen (secondary N) is 2. The van der Waals surface area contributed by atoms with Crippen LogP contribution in [0.1, 0.15) is 36.2 Å². The minimum atomic E-state index is -0.811. The van der Waals surface area contributed by atoms with Gasteiger partial charge in [-0.15, -0.1) is 0 Å². The highest BCUT2D eigenvalue weighted by Crippen LogP contribution is 2.35. The number of benzene rings is 4. The molecule has 5 aromatic rings. The fourth-order valence-corrected chi connectivity index (χ4v) is 6.05. The van der Waals surface area contributed by atoms with Crippen LogP contribution in [0.3, 0.4) is 0 Å². The number of rotatable bonds is 15. The first kappa shape index (κ1) is 36.9. The number of aromatic nitrogens is 2. The molecule has 1 atom stereocenters. The monoisotopic (exact) mass is 732 g/mol. The topological polar surface area (TPSA) is 156 Å². The number of imidazole rings is 1. The summed E-state index contributed by atoms with van der Waals surface area (Å²) in [5, 5.41) is 11.0. The number of hydrogen-bond donors (Lipinski definition) is 4. The van der Waals surface area contributed by atoms with E-state index in [1.807, 2.05) is 13.0 Å². The van der Waals surface area contributed by atoms with E-state index in [9.17, 15) is 14.0 Å². The molecule has 266 valence electrons. The van der Waals surface area contributed by atoms with Crippen LogP contribution in [-0.2, 0) is 4.79 Å². The predicted molar refractivity (Wildman–Crippen MR) is 200 cm³/mol. The highest BCUT2D eigenvalue weighted by atomic mass is 35.5. The standard InChI is InChI=1S/C37H39Cl2FN8O3/c1-3-47(26-12-10-25(40)11-13-26)19-18-46(2)36(50)24-9-16-32-31(21-24)45-35(48(32)33(34(41)49)8-5-17-44-37(42)43)23-6-4-7-27(20-23)51-28-14-15-29(38)30(39)22-28/h4,6-7,9-16,20-22,33H,3,5,8,17-19H2,1-2H3,(H2,41,49)(H4,42,43,44)/t33-/m0/s1. The number of nitrogens with two attached hydrogens (primary N) is 2. The van der Waals surface area contributed by atoms with Gasteiger partial charge in [-0.05, 0) is 86.5 Å². The van der Waals surface area contributed by atoms with Gasteiger partial charge in [0.05, 0.1) is 21.1 Å². The first-order valence-electron chi connectivity index (χ1n) is 16.3. The van der Waals surface area contributed by atoms with Gasteiger partial charge in [0.1, 0.15) is 29.2 Å². The van der Waals surface area contributed by atoms with E-state index in [1.54, 1.807) is 83.2 Å². The fourth-order valence-electron chi connectivity index (χ4n) is 5.76. The molecule has 0 aliphatic carbocycles. The Labute approximate surface area is 305 Å². The Morgan fingerprint density at radius 1 is 0.980 bits per heavy atom. The first-order valence-corrected chi connectivity index (χ1v) is 17.1. The molecule has 0 bridgehead atoms. The lowest BCUT2D eigenvalue weighted by molar-refractivity contribution is -0.121. The molecular weight excluding hydrogens is 694 g/mol. The van der Waals surface area contributed by atoms with Gasteiger partial charge in [-0.25, -0.2) is 9.37 Å². The normalized spacial score (nSPS) is 11.6. The lowest BCUT2D eigenvalue weighted by Gasteiger charge is -2.26. The molecule has 0 fully saturated rings. The maximum Gasteiger partial charge on any atom is 0.253 e. The van der Waals surface area contributed by atoms with Crippen molar-refractivity contribution in [1.82, 2.24) is 19.8 Å². The van der Waals surface area contributed by atoms with Crippen LogP contribution in [-0.4, -0.2) is 65.5 Å². The second-order valence-corrected chi connectivity index (χ2v) is 12.7. The maximum atomic E-state index is 13.6. The zero-order valence-corrected chi connectivity index (χ0v) is 29.7. The van der Waals surface area contributed by atoms with Crippen LogP contribution in [0.5, 0.6) is 11.5 Å². The van der Waals surface area contributed by atoms with Gasteiger partial charge in [0, 0.05) is 56.1 Å². The van der Waals surface area contributed by atoms with Crippen molar-refractivity contribution in [2.75, 3.05) is 38.1 Å². The quantitative estimate of drug-likeness (QED) is 0.0522. The molecule has 0 saturated heterocycles. The van der Waals surface area contributed by atoms with Gasteiger partial charge in [-0.2, -0.15) is 0 Å². The minimum Gasteiger partial charge on any atom is -0.457 e. The van der Waals surface area contributed by atoms with Gasteiger partial charge < -0.3 is 35.9 Å². The number of carbonyl (C=O) groups is 2. The molecule has 51 heavy (non-hydrogen) atoms. The zero-order valence-electron chi connectivity index (χ0n) is 28.2. The third kappa shape index (κ3) is 9.07. The smallest absolute Gasteiger partial charge is 0.253 e. The van der Waals surface area contributed by atoms with E-state index in [1.165, 1.54) is 12.1 Å². The van der Waals surface area contributed by atoms with Crippen molar-refractivity contribution in [3.05, 3.63) is 106 Å². The summed E-state index contributed by atoms with van der Waals surface area (Å²) in [6.45, 7) is 4.03. The molecule has 1 aromatic heterocycles. The summed E-state index contributed by atoms with van der Waals surface area (Å²) in [4.78, 5) is 35.3. The van der Waals surface area contributed by atoms with Crippen LogP contribution in [0.2, 0.25) is 10.0 Å². The number of ether oxygens (including phenoxy) is 1. The number of hydrogen-bond acceptors (Lipinski definition) is 6. The van der Waals surface area contributed by atoms with Crippen LogP contribution >= 0.6 is 23.2 Å². The Bertz CT molecular complexity index is 2040. The molecule has 2 amide bonds. The Balaban J connectivity index is 1.47. The van der Waals surface area contributed by atoms with Crippen molar-refractivity contribution in [1.29, 1.82) is 5.41 Å². The first-order chi connectivity index (χ1) is 24.4. The van der Waals surface area contributed by atoms with Crippen LogP contribution in [0.4, 0.5) is 10.1 Å². The van der Waals surface area contributed by atoms with Crippen molar-refractivity contribution < 1.29 is 18.7 Å². The Kier molecular flexibility index (Phi) is 12.0. The summed E-state index contributed by atoms with van der Waals surface area (Å²) < 4.78 is 21.3. The number of nitrogens with zero attached hydrogens (tertiary/aromatic N) is 4. The summed E-state index contributed by atoms with van der Waals surface area (Å²) >= 11 is 12.3. The van der Waals surface area contributed by atoms with Crippen LogP contribution in [0.15, 0.2) is 84.9 Å². The van der Waals surface area contributed by atoms with Crippen molar-refractivity contribution in [2.45, 2.75) is 25.8 Å². The number of carbonyl (C=O) groups excluding carboxylic acids is 2. The molecule has 0 unspecified atom stereocenters. The van der Waals surface area contributed by atoms with Gasteiger partial charge in [-0.1, -0.05) is 35.3 Å². The van der Waals surface area contributed by atoms with E-state index in [2.05, 4.69) is 10.2 Å². The molecule has 0 saturated carbocycles.